The van der Waals surface area contributed by atoms with Gasteiger partial charge in [0.05, 0.1) is 12.3 Å². The summed E-state index contributed by atoms with van der Waals surface area (Å²) in [5.41, 5.74) is 2.15. The van der Waals surface area contributed by atoms with E-state index in [1.54, 1.807) is 11.8 Å². The van der Waals surface area contributed by atoms with E-state index in [4.69, 9.17) is 16.3 Å². The summed E-state index contributed by atoms with van der Waals surface area (Å²) in [4.78, 5) is 0.373. The summed E-state index contributed by atoms with van der Waals surface area (Å²) in [7, 11) is 3.57. The van der Waals surface area contributed by atoms with Crippen LogP contribution in [0.5, 0.6) is 0 Å². The zero-order valence-electron chi connectivity index (χ0n) is 9.26. The van der Waals surface area contributed by atoms with Crippen LogP contribution < -0.4 is 0 Å². The molecule has 0 N–H and O–H groups in total. The van der Waals surface area contributed by atoms with Crippen LogP contribution >= 0.6 is 27.5 Å². The Bertz CT molecular complexity index is 327. The molecule has 86 valence electrons. The van der Waals surface area contributed by atoms with Crippen LogP contribution in [-0.2, 0) is 18.2 Å². The highest BCUT2D eigenvalue weighted by molar-refractivity contribution is 9.09. The number of hydrogen-bond donors (Lipinski definition) is 0. The van der Waals surface area contributed by atoms with Gasteiger partial charge in [0.2, 0.25) is 0 Å². The van der Waals surface area contributed by atoms with Crippen molar-refractivity contribution in [3.05, 3.63) is 16.4 Å². The molecule has 0 aromatic carbocycles. The van der Waals surface area contributed by atoms with Crippen LogP contribution in [0, 0.1) is 6.92 Å². The molecule has 0 fully saturated rings. The second-order valence-corrected chi connectivity index (χ2v) is 5.22. The Morgan fingerprint density at radius 2 is 2.27 bits per heavy atom. The van der Waals surface area contributed by atoms with Crippen LogP contribution in [0.2, 0.25) is 5.15 Å². The molecule has 1 atom stereocenters. The topological polar surface area (TPSA) is 27.1 Å². The van der Waals surface area contributed by atoms with Crippen molar-refractivity contribution in [1.82, 2.24) is 9.78 Å². The number of halogens is 2. The predicted molar refractivity (Wildman–Crippen MR) is 65.9 cm³/mol. The van der Waals surface area contributed by atoms with Crippen LogP contribution in [0.25, 0.3) is 0 Å². The molecular weight excluding hydrogens is 279 g/mol. The van der Waals surface area contributed by atoms with Gasteiger partial charge in [0.1, 0.15) is 5.15 Å². The van der Waals surface area contributed by atoms with Crippen molar-refractivity contribution in [3.63, 3.8) is 0 Å². The van der Waals surface area contributed by atoms with Crippen molar-refractivity contribution < 1.29 is 4.74 Å². The molecule has 0 aliphatic rings. The van der Waals surface area contributed by atoms with E-state index in [1.165, 1.54) is 0 Å². The zero-order valence-corrected chi connectivity index (χ0v) is 11.6. The highest BCUT2D eigenvalue weighted by atomic mass is 79.9. The maximum absolute atomic E-state index is 6.13. The fraction of sp³-hybridized carbons (Fsp3) is 0.700. The van der Waals surface area contributed by atoms with Crippen LogP contribution in [0.15, 0.2) is 0 Å². The normalized spacial score (nSPS) is 13.1. The Labute approximate surface area is 104 Å². The molecule has 0 saturated carbocycles. The summed E-state index contributed by atoms with van der Waals surface area (Å²) in [6.07, 6.45) is 1.93. The van der Waals surface area contributed by atoms with E-state index in [1.807, 2.05) is 14.0 Å². The Kier molecular flexibility index (Phi) is 5.09. The van der Waals surface area contributed by atoms with Gasteiger partial charge in [0.15, 0.2) is 0 Å². The monoisotopic (exact) mass is 294 g/mol. The van der Waals surface area contributed by atoms with E-state index in [0.29, 0.717) is 4.83 Å². The summed E-state index contributed by atoms with van der Waals surface area (Å²) >= 11 is 9.68. The third kappa shape index (κ3) is 3.47. The molecule has 0 spiro atoms. The Morgan fingerprint density at radius 1 is 1.60 bits per heavy atom. The smallest absolute Gasteiger partial charge is 0.130 e. The number of aryl methyl sites for hydroxylation is 2. The van der Waals surface area contributed by atoms with Gasteiger partial charge in [-0.05, 0) is 19.8 Å². The van der Waals surface area contributed by atoms with E-state index in [0.717, 1.165) is 35.9 Å². The predicted octanol–water partition coefficient (Wildman–Crippen LogP) is 2.72. The van der Waals surface area contributed by atoms with Gasteiger partial charge < -0.3 is 4.74 Å². The van der Waals surface area contributed by atoms with Crippen LogP contribution in [0.3, 0.4) is 0 Å². The average Bonchev–Trinajstić information content (AvgIpc) is 2.40. The van der Waals surface area contributed by atoms with E-state index in [9.17, 15) is 0 Å². The maximum Gasteiger partial charge on any atom is 0.130 e. The average molecular weight is 296 g/mol. The van der Waals surface area contributed by atoms with Crippen molar-refractivity contribution in [2.75, 3.05) is 13.7 Å². The number of rotatable bonds is 5. The first-order chi connectivity index (χ1) is 7.06. The van der Waals surface area contributed by atoms with Crippen molar-refractivity contribution in [1.29, 1.82) is 0 Å². The lowest BCUT2D eigenvalue weighted by atomic mass is 10.1. The number of nitrogens with zero attached hydrogens (tertiary/aromatic N) is 2. The molecule has 0 aliphatic carbocycles. The summed E-state index contributed by atoms with van der Waals surface area (Å²) in [5, 5.41) is 5.01. The molecule has 0 aliphatic heterocycles. The second kappa shape index (κ2) is 5.87. The van der Waals surface area contributed by atoms with Gasteiger partial charge in [0, 0.05) is 24.5 Å². The summed E-state index contributed by atoms with van der Waals surface area (Å²) < 4.78 is 6.77. The fourth-order valence-corrected chi connectivity index (χ4v) is 2.29. The van der Waals surface area contributed by atoms with Gasteiger partial charge in [-0.3, -0.25) is 4.68 Å². The maximum atomic E-state index is 6.13. The zero-order chi connectivity index (χ0) is 11.4. The van der Waals surface area contributed by atoms with E-state index in [2.05, 4.69) is 21.0 Å². The Morgan fingerprint density at radius 3 is 2.73 bits per heavy atom. The van der Waals surface area contributed by atoms with Crippen molar-refractivity contribution in [3.8, 4) is 0 Å². The lowest BCUT2D eigenvalue weighted by molar-refractivity contribution is 0.198. The molecule has 0 bridgehead atoms. The van der Waals surface area contributed by atoms with E-state index < -0.39 is 0 Å². The number of alkyl halides is 1. The van der Waals surface area contributed by atoms with Gasteiger partial charge in [-0.1, -0.05) is 27.5 Å². The number of hydrogen-bond acceptors (Lipinski definition) is 2. The molecule has 3 nitrogen and oxygen atoms in total. The fourth-order valence-electron chi connectivity index (χ4n) is 1.52. The summed E-state index contributed by atoms with van der Waals surface area (Å²) in [5.74, 6) is 0. The number of methoxy groups -OCH3 is 1. The minimum atomic E-state index is 0.373. The van der Waals surface area contributed by atoms with E-state index >= 15 is 0 Å². The highest BCUT2D eigenvalue weighted by Gasteiger charge is 2.12. The minimum absolute atomic E-state index is 0.373. The van der Waals surface area contributed by atoms with Crippen molar-refractivity contribution in [2.24, 2.45) is 7.05 Å². The summed E-state index contributed by atoms with van der Waals surface area (Å²) in [6, 6.07) is 0. The molecule has 0 amide bonds. The SMILES string of the molecule is COCC(Br)CCc1c(C)nn(C)c1Cl. The van der Waals surface area contributed by atoms with Gasteiger partial charge in [-0.2, -0.15) is 5.10 Å². The first-order valence-electron chi connectivity index (χ1n) is 4.87. The number of ether oxygens (including phenoxy) is 1. The quantitative estimate of drug-likeness (QED) is 0.781. The molecule has 1 rings (SSSR count). The van der Waals surface area contributed by atoms with Gasteiger partial charge in [-0.25, -0.2) is 0 Å². The molecule has 0 saturated heterocycles. The molecular formula is C10H16BrClN2O. The third-order valence-corrected chi connectivity index (χ3v) is 3.52. The number of aromatic nitrogens is 2. The van der Waals surface area contributed by atoms with Crippen LogP contribution in [-0.4, -0.2) is 28.3 Å². The highest BCUT2D eigenvalue weighted by Crippen LogP contribution is 2.22. The standard InChI is InChI=1S/C10H16BrClN2O/c1-7-9(10(12)14(2)13-7)5-4-8(11)6-15-3/h8H,4-6H2,1-3H3. The van der Waals surface area contributed by atoms with Gasteiger partial charge in [0.25, 0.3) is 0 Å². The molecule has 1 aromatic rings. The first-order valence-corrected chi connectivity index (χ1v) is 6.16. The lowest BCUT2D eigenvalue weighted by Crippen LogP contribution is -2.08. The second-order valence-electron chi connectivity index (χ2n) is 3.57. The van der Waals surface area contributed by atoms with Crippen molar-refractivity contribution in [2.45, 2.75) is 24.6 Å². The Balaban J connectivity index is 2.57. The third-order valence-electron chi connectivity index (χ3n) is 2.32. The minimum Gasteiger partial charge on any atom is -0.384 e. The molecule has 5 heteroatoms. The Hall–Kier alpha value is -0.0600. The largest absolute Gasteiger partial charge is 0.384 e. The van der Waals surface area contributed by atoms with E-state index in [-0.39, 0.29) is 0 Å². The van der Waals surface area contributed by atoms with Crippen LogP contribution in [0.4, 0.5) is 0 Å². The van der Waals surface area contributed by atoms with Crippen molar-refractivity contribution >= 4 is 27.5 Å². The summed E-state index contributed by atoms with van der Waals surface area (Å²) in [6.45, 7) is 2.71. The van der Waals surface area contributed by atoms with Gasteiger partial charge >= 0.3 is 0 Å². The molecule has 1 heterocycles. The molecule has 1 unspecified atom stereocenters. The first kappa shape index (κ1) is 13.0. The van der Waals surface area contributed by atoms with Crippen LogP contribution in [0.1, 0.15) is 17.7 Å². The van der Waals surface area contributed by atoms with Gasteiger partial charge in [-0.15, -0.1) is 0 Å². The molecule has 15 heavy (non-hydrogen) atoms. The molecule has 0 radical (unpaired) electrons. The lowest BCUT2D eigenvalue weighted by Gasteiger charge is -2.07. The molecule has 1 aromatic heterocycles.